The van der Waals surface area contributed by atoms with E-state index in [9.17, 15) is 4.79 Å². The fourth-order valence-corrected chi connectivity index (χ4v) is 1.44. The zero-order valence-corrected chi connectivity index (χ0v) is 8.60. The van der Waals surface area contributed by atoms with E-state index in [-0.39, 0.29) is 12.5 Å². The molecule has 15 heavy (non-hydrogen) atoms. The molecule has 0 aliphatic rings. The molecule has 1 heterocycles. The number of nitrogens with zero attached hydrogens (tertiary/aromatic N) is 2. The van der Waals surface area contributed by atoms with E-state index in [0.717, 1.165) is 11.2 Å². The summed E-state index contributed by atoms with van der Waals surface area (Å²) in [7, 11) is 3.41. The monoisotopic (exact) mass is 208 g/mol. The quantitative estimate of drug-likeness (QED) is 0.731. The second-order valence-electron chi connectivity index (χ2n) is 3.42. The van der Waals surface area contributed by atoms with Gasteiger partial charge in [0.25, 0.3) is 0 Å². The van der Waals surface area contributed by atoms with E-state index in [1.165, 1.54) is 4.57 Å². The molecule has 0 saturated heterocycles. The van der Waals surface area contributed by atoms with Gasteiger partial charge in [-0.05, 0) is 12.1 Å². The van der Waals surface area contributed by atoms with E-state index in [4.69, 9.17) is 9.52 Å². The molecule has 0 radical (unpaired) electrons. The average molecular weight is 208 g/mol. The summed E-state index contributed by atoms with van der Waals surface area (Å²) in [5.41, 5.74) is 2.08. The topological polar surface area (TPSA) is 58.6 Å². The Balaban J connectivity index is 2.62. The van der Waals surface area contributed by atoms with E-state index in [1.54, 1.807) is 31.1 Å². The van der Waals surface area contributed by atoms with Crippen molar-refractivity contribution in [2.24, 2.45) is 7.05 Å². The fourth-order valence-electron chi connectivity index (χ4n) is 1.44. The van der Waals surface area contributed by atoms with Gasteiger partial charge in [0.2, 0.25) is 0 Å². The first kappa shape index (κ1) is 9.79. The van der Waals surface area contributed by atoms with Crippen molar-refractivity contribution >= 4 is 16.8 Å². The van der Waals surface area contributed by atoms with Crippen LogP contribution in [0.3, 0.4) is 0 Å². The number of aromatic nitrogens is 1. The van der Waals surface area contributed by atoms with Crippen LogP contribution >= 0.6 is 0 Å². The molecule has 2 aromatic rings. The van der Waals surface area contributed by atoms with Gasteiger partial charge in [0, 0.05) is 25.8 Å². The molecule has 0 atom stereocenters. The van der Waals surface area contributed by atoms with Crippen molar-refractivity contribution in [3.63, 3.8) is 0 Å². The van der Waals surface area contributed by atoms with Crippen LogP contribution in [0.2, 0.25) is 0 Å². The lowest BCUT2D eigenvalue weighted by Gasteiger charge is -2.14. The molecule has 0 aliphatic carbocycles. The summed E-state index contributed by atoms with van der Waals surface area (Å²) in [6.45, 7) is -0.0808. The largest absolute Gasteiger partial charge is 0.419 e. The average Bonchev–Trinajstić information content (AvgIpc) is 2.53. The third kappa shape index (κ3) is 1.50. The van der Waals surface area contributed by atoms with Crippen LogP contribution in [0, 0.1) is 0 Å². The molecule has 1 aromatic carbocycles. The van der Waals surface area contributed by atoms with Gasteiger partial charge in [-0.25, -0.2) is 4.79 Å². The molecule has 5 heteroatoms. The summed E-state index contributed by atoms with van der Waals surface area (Å²) in [6, 6.07) is 5.35. The van der Waals surface area contributed by atoms with Crippen molar-refractivity contribution in [1.82, 2.24) is 4.57 Å². The number of aliphatic hydroxyl groups is 1. The molecule has 80 valence electrons. The summed E-state index contributed by atoms with van der Waals surface area (Å²) in [5.74, 6) is -0.381. The van der Waals surface area contributed by atoms with Gasteiger partial charge in [-0.2, -0.15) is 0 Å². The first-order valence-electron chi connectivity index (χ1n) is 4.55. The smallest absolute Gasteiger partial charge is 0.408 e. The second kappa shape index (κ2) is 3.43. The molecule has 2 rings (SSSR count). The lowest BCUT2D eigenvalue weighted by molar-refractivity contribution is 0.298. The number of hydrogen-bond donors (Lipinski definition) is 1. The molecule has 0 bridgehead atoms. The first-order valence-corrected chi connectivity index (χ1v) is 4.55. The third-order valence-electron chi connectivity index (χ3n) is 2.43. The van der Waals surface area contributed by atoms with Gasteiger partial charge in [-0.15, -0.1) is 0 Å². The van der Waals surface area contributed by atoms with Crippen molar-refractivity contribution in [2.75, 3.05) is 18.7 Å². The minimum Gasteiger partial charge on any atom is -0.408 e. The maximum absolute atomic E-state index is 11.2. The standard InChI is InChI=1S/C10H12N2O3/c1-11(6-13)7-3-4-8-9(5-7)15-10(14)12(8)2/h3-5,13H,6H2,1-2H3. The molecular weight excluding hydrogens is 196 g/mol. The number of aliphatic hydroxyl groups excluding tert-OH is 1. The number of anilines is 1. The Hall–Kier alpha value is -1.75. The van der Waals surface area contributed by atoms with Crippen LogP contribution in [0.15, 0.2) is 27.4 Å². The van der Waals surface area contributed by atoms with Crippen LogP contribution in [0.4, 0.5) is 5.69 Å². The molecule has 1 aromatic heterocycles. The van der Waals surface area contributed by atoms with E-state index < -0.39 is 0 Å². The van der Waals surface area contributed by atoms with E-state index >= 15 is 0 Å². The van der Waals surface area contributed by atoms with Gasteiger partial charge in [-0.3, -0.25) is 4.57 Å². The highest BCUT2D eigenvalue weighted by molar-refractivity contribution is 5.77. The third-order valence-corrected chi connectivity index (χ3v) is 2.43. The fraction of sp³-hybridized carbons (Fsp3) is 0.300. The minimum absolute atomic E-state index is 0.0808. The maximum atomic E-state index is 11.2. The summed E-state index contributed by atoms with van der Waals surface area (Å²) < 4.78 is 6.48. The van der Waals surface area contributed by atoms with Crippen LogP contribution < -0.4 is 10.7 Å². The van der Waals surface area contributed by atoms with Crippen LogP contribution in [-0.4, -0.2) is 23.5 Å². The number of rotatable bonds is 2. The summed E-state index contributed by atoms with van der Waals surface area (Å²) >= 11 is 0. The predicted molar refractivity (Wildman–Crippen MR) is 56.9 cm³/mol. The molecule has 0 fully saturated rings. The van der Waals surface area contributed by atoms with Crippen molar-refractivity contribution in [2.45, 2.75) is 0 Å². The molecule has 0 amide bonds. The van der Waals surface area contributed by atoms with Crippen LogP contribution in [0.1, 0.15) is 0 Å². The predicted octanol–water partition coefficient (Wildman–Crippen LogP) is 0.517. The zero-order chi connectivity index (χ0) is 11.0. The number of oxazole rings is 1. The summed E-state index contributed by atoms with van der Waals surface area (Å²) in [6.07, 6.45) is 0. The van der Waals surface area contributed by atoms with Crippen LogP contribution in [0.25, 0.3) is 11.1 Å². The number of fused-ring (bicyclic) bond motifs is 1. The Morgan fingerprint density at radius 3 is 2.93 bits per heavy atom. The van der Waals surface area contributed by atoms with E-state index in [1.807, 2.05) is 6.07 Å². The molecule has 0 unspecified atom stereocenters. The van der Waals surface area contributed by atoms with Crippen molar-refractivity contribution < 1.29 is 9.52 Å². The number of benzene rings is 1. The van der Waals surface area contributed by atoms with Gasteiger partial charge >= 0.3 is 5.76 Å². The summed E-state index contributed by atoms with van der Waals surface area (Å²) in [5, 5.41) is 8.95. The van der Waals surface area contributed by atoms with Crippen molar-refractivity contribution in [3.05, 3.63) is 28.7 Å². The molecule has 0 spiro atoms. The Morgan fingerprint density at radius 1 is 1.53 bits per heavy atom. The van der Waals surface area contributed by atoms with Crippen molar-refractivity contribution in [1.29, 1.82) is 0 Å². The lowest BCUT2D eigenvalue weighted by Crippen LogP contribution is -2.17. The number of hydrogen-bond acceptors (Lipinski definition) is 4. The van der Waals surface area contributed by atoms with E-state index in [0.29, 0.717) is 5.58 Å². The highest BCUT2D eigenvalue weighted by Crippen LogP contribution is 2.19. The number of aryl methyl sites for hydroxylation is 1. The Kier molecular flexibility index (Phi) is 2.24. The first-order chi connectivity index (χ1) is 7.13. The highest BCUT2D eigenvalue weighted by atomic mass is 16.4. The van der Waals surface area contributed by atoms with Gasteiger partial charge in [-0.1, -0.05) is 0 Å². The van der Waals surface area contributed by atoms with Crippen LogP contribution in [0.5, 0.6) is 0 Å². The SMILES string of the molecule is CN(CO)c1ccc2c(c1)oc(=O)n2C. The zero-order valence-electron chi connectivity index (χ0n) is 8.60. The minimum atomic E-state index is -0.381. The summed E-state index contributed by atoms with van der Waals surface area (Å²) in [4.78, 5) is 12.9. The highest BCUT2D eigenvalue weighted by Gasteiger charge is 2.07. The lowest BCUT2D eigenvalue weighted by atomic mass is 10.2. The molecule has 5 nitrogen and oxygen atoms in total. The maximum Gasteiger partial charge on any atom is 0.419 e. The Morgan fingerprint density at radius 2 is 2.27 bits per heavy atom. The molecule has 1 N–H and O–H groups in total. The van der Waals surface area contributed by atoms with Gasteiger partial charge in [0.05, 0.1) is 5.52 Å². The Labute approximate surface area is 86.1 Å². The van der Waals surface area contributed by atoms with Gasteiger partial charge in [0.15, 0.2) is 5.58 Å². The molecule has 0 aliphatic heterocycles. The van der Waals surface area contributed by atoms with Gasteiger partial charge in [0.1, 0.15) is 6.73 Å². The molecular formula is C10H12N2O3. The molecule has 0 saturated carbocycles. The van der Waals surface area contributed by atoms with Crippen molar-refractivity contribution in [3.8, 4) is 0 Å². The van der Waals surface area contributed by atoms with Crippen LogP contribution in [-0.2, 0) is 7.05 Å². The second-order valence-corrected chi connectivity index (χ2v) is 3.42. The Bertz CT molecular complexity index is 541. The van der Waals surface area contributed by atoms with E-state index in [2.05, 4.69) is 0 Å². The van der Waals surface area contributed by atoms with Gasteiger partial charge < -0.3 is 14.4 Å². The normalized spacial score (nSPS) is 10.9.